The van der Waals surface area contributed by atoms with E-state index in [1.54, 1.807) is 38.3 Å². The van der Waals surface area contributed by atoms with Crippen LogP contribution in [0, 0.1) is 0 Å². The van der Waals surface area contributed by atoms with Gasteiger partial charge >= 0.3 is 6.03 Å². The number of urea groups is 1. The van der Waals surface area contributed by atoms with Crippen molar-refractivity contribution in [3.05, 3.63) is 64.7 Å². The fraction of sp³-hybridized carbons (Fsp3) is 0.316. The zero-order valence-corrected chi connectivity index (χ0v) is 15.1. The molecule has 3 N–H and O–H groups in total. The zero-order chi connectivity index (χ0) is 18.3. The standard InChI is InChI=1S/C19H23ClN2O3/c1-19(24,15-7-9-16(20)10-8-15)13-22-18(23)21-12-11-14-5-3-4-6-17(14)25-2/h3-10,24H,11-13H2,1-2H3,(H2,21,22,23). The highest BCUT2D eigenvalue weighted by Gasteiger charge is 2.23. The highest BCUT2D eigenvalue weighted by molar-refractivity contribution is 6.30. The number of amides is 2. The van der Waals surface area contributed by atoms with Gasteiger partial charge in [0.05, 0.1) is 13.7 Å². The Kier molecular flexibility index (Phi) is 6.67. The lowest BCUT2D eigenvalue weighted by atomic mass is 9.96. The molecule has 0 aliphatic rings. The van der Waals surface area contributed by atoms with Gasteiger partial charge in [0.15, 0.2) is 0 Å². The number of halogens is 1. The largest absolute Gasteiger partial charge is 0.496 e. The number of ether oxygens (including phenoxy) is 1. The van der Waals surface area contributed by atoms with E-state index in [0.717, 1.165) is 11.3 Å². The number of nitrogens with one attached hydrogen (secondary N) is 2. The number of hydrogen-bond donors (Lipinski definition) is 3. The van der Waals surface area contributed by atoms with Crippen molar-refractivity contribution in [2.45, 2.75) is 18.9 Å². The molecule has 25 heavy (non-hydrogen) atoms. The molecule has 1 atom stereocenters. The summed E-state index contributed by atoms with van der Waals surface area (Å²) < 4.78 is 5.28. The molecule has 5 nitrogen and oxygen atoms in total. The van der Waals surface area contributed by atoms with Crippen LogP contribution in [-0.4, -0.2) is 31.3 Å². The van der Waals surface area contributed by atoms with E-state index in [9.17, 15) is 9.90 Å². The van der Waals surface area contributed by atoms with Crippen LogP contribution >= 0.6 is 11.6 Å². The number of rotatable bonds is 7. The molecule has 0 saturated heterocycles. The van der Waals surface area contributed by atoms with Crippen molar-refractivity contribution in [3.8, 4) is 5.75 Å². The number of carbonyl (C=O) groups is 1. The van der Waals surface area contributed by atoms with Crippen molar-refractivity contribution in [1.82, 2.24) is 10.6 Å². The molecule has 2 aromatic carbocycles. The molecule has 0 aromatic heterocycles. The Labute approximate surface area is 153 Å². The third-order valence-electron chi connectivity index (χ3n) is 3.93. The van der Waals surface area contributed by atoms with Crippen LogP contribution < -0.4 is 15.4 Å². The monoisotopic (exact) mass is 362 g/mol. The van der Waals surface area contributed by atoms with E-state index in [1.165, 1.54) is 0 Å². The fourth-order valence-corrected chi connectivity index (χ4v) is 2.57. The van der Waals surface area contributed by atoms with Gasteiger partial charge in [0.2, 0.25) is 0 Å². The van der Waals surface area contributed by atoms with Gasteiger partial charge in [-0.3, -0.25) is 0 Å². The fourth-order valence-electron chi connectivity index (χ4n) is 2.45. The molecule has 0 aliphatic heterocycles. The molecule has 0 heterocycles. The molecule has 0 saturated carbocycles. The van der Waals surface area contributed by atoms with Crippen LogP contribution in [0.3, 0.4) is 0 Å². The van der Waals surface area contributed by atoms with E-state index in [4.69, 9.17) is 16.3 Å². The molecule has 0 spiro atoms. The van der Waals surface area contributed by atoms with Crippen molar-refractivity contribution < 1.29 is 14.6 Å². The number of carbonyl (C=O) groups excluding carboxylic acids is 1. The summed E-state index contributed by atoms with van der Waals surface area (Å²) in [5.74, 6) is 0.801. The van der Waals surface area contributed by atoms with Crippen LogP contribution in [0.4, 0.5) is 4.79 Å². The lowest BCUT2D eigenvalue weighted by molar-refractivity contribution is 0.0594. The Balaban J connectivity index is 1.79. The van der Waals surface area contributed by atoms with Gasteiger partial charge in [-0.1, -0.05) is 41.9 Å². The summed E-state index contributed by atoms with van der Waals surface area (Å²) in [4.78, 5) is 11.9. The van der Waals surface area contributed by atoms with Crippen LogP contribution in [0.15, 0.2) is 48.5 Å². The van der Waals surface area contributed by atoms with Crippen molar-refractivity contribution in [2.75, 3.05) is 20.2 Å². The van der Waals surface area contributed by atoms with E-state index in [2.05, 4.69) is 10.6 Å². The molecule has 0 bridgehead atoms. The van der Waals surface area contributed by atoms with Gasteiger partial charge in [-0.15, -0.1) is 0 Å². The van der Waals surface area contributed by atoms with Gasteiger partial charge in [0.25, 0.3) is 0 Å². The predicted molar refractivity (Wildman–Crippen MR) is 99.1 cm³/mol. The Morgan fingerprint density at radius 1 is 1.16 bits per heavy atom. The first-order valence-electron chi connectivity index (χ1n) is 8.04. The number of benzene rings is 2. The maximum atomic E-state index is 11.9. The maximum Gasteiger partial charge on any atom is 0.314 e. The van der Waals surface area contributed by atoms with Gasteiger partial charge in [0.1, 0.15) is 11.4 Å². The summed E-state index contributed by atoms with van der Waals surface area (Å²) in [6.07, 6.45) is 0.658. The van der Waals surface area contributed by atoms with Crippen LogP contribution in [-0.2, 0) is 12.0 Å². The Morgan fingerprint density at radius 2 is 1.84 bits per heavy atom. The molecule has 1 unspecified atom stereocenters. The van der Waals surface area contributed by atoms with Crippen molar-refractivity contribution in [3.63, 3.8) is 0 Å². The molecular weight excluding hydrogens is 340 g/mol. The molecule has 0 fully saturated rings. The first kappa shape index (κ1) is 19.1. The second-order valence-corrected chi connectivity index (χ2v) is 6.39. The molecule has 2 amide bonds. The lowest BCUT2D eigenvalue weighted by Gasteiger charge is -2.24. The van der Waals surface area contributed by atoms with Crippen molar-refractivity contribution >= 4 is 17.6 Å². The maximum absolute atomic E-state index is 11.9. The van der Waals surface area contributed by atoms with E-state index >= 15 is 0 Å². The summed E-state index contributed by atoms with van der Waals surface area (Å²) in [6, 6.07) is 14.2. The van der Waals surface area contributed by atoms with Gasteiger partial charge < -0.3 is 20.5 Å². The van der Waals surface area contributed by atoms with Crippen molar-refractivity contribution in [2.24, 2.45) is 0 Å². The van der Waals surface area contributed by atoms with Gasteiger partial charge in [-0.25, -0.2) is 4.79 Å². The topological polar surface area (TPSA) is 70.6 Å². The van der Waals surface area contributed by atoms with Gasteiger partial charge in [-0.05, 0) is 42.7 Å². The second kappa shape index (κ2) is 8.74. The smallest absolute Gasteiger partial charge is 0.314 e. The van der Waals surface area contributed by atoms with E-state index in [-0.39, 0.29) is 12.6 Å². The second-order valence-electron chi connectivity index (χ2n) is 5.95. The molecule has 2 rings (SSSR count). The molecule has 6 heteroatoms. The minimum Gasteiger partial charge on any atom is -0.496 e. The number of para-hydroxylation sites is 1. The molecule has 0 aliphatic carbocycles. The Morgan fingerprint density at radius 3 is 2.52 bits per heavy atom. The third-order valence-corrected chi connectivity index (χ3v) is 4.18. The first-order chi connectivity index (χ1) is 11.9. The summed E-state index contributed by atoms with van der Waals surface area (Å²) in [5.41, 5.74) is 0.537. The normalized spacial score (nSPS) is 13.0. The average Bonchev–Trinajstić information content (AvgIpc) is 2.61. The van der Waals surface area contributed by atoms with Crippen LogP contribution in [0.5, 0.6) is 5.75 Å². The van der Waals surface area contributed by atoms with E-state index in [0.29, 0.717) is 23.6 Å². The van der Waals surface area contributed by atoms with Crippen LogP contribution in [0.25, 0.3) is 0 Å². The zero-order valence-electron chi connectivity index (χ0n) is 14.4. The average molecular weight is 363 g/mol. The van der Waals surface area contributed by atoms with Crippen molar-refractivity contribution in [1.29, 1.82) is 0 Å². The number of methoxy groups -OCH3 is 1. The quantitative estimate of drug-likeness (QED) is 0.708. The van der Waals surface area contributed by atoms with E-state index in [1.807, 2.05) is 24.3 Å². The summed E-state index contributed by atoms with van der Waals surface area (Å²) in [5, 5.41) is 16.6. The predicted octanol–water partition coefficient (Wildman–Crippen LogP) is 3.10. The minimum atomic E-state index is -1.18. The third kappa shape index (κ3) is 5.66. The molecule has 134 valence electrons. The number of hydrogen-bond acceptors (Lipinski definition) is 3. The summed E-state index contributed by atoms with van der Waals surface area (Å²) >= 11 is 5.85. The van der Waals surface area contributed by atoms with Crippen LogP contribution in [0.1, 0.15) is 18.1 Å². The highest BCUT2D eigenvalue weighted by atomic mass is 35.5. The lowest BCUT2D eigenvalue weighted by Crippen LogP contribution is -2.43. The van der Waals surface area contributed by atoms with Crippen LogP contribution in [0.2, 0.25) is 5.02 Å². The Bertz CT molecular complexity index is 702. The van der Waals surface area contributed by atoms with Gasteiger partial charge in [0, 0.05) is 11.6 Å². The molecule has 2 aromatic rings. The summed E-state index contributed by atoms with van der Waals surface area (Å²) in [6.45, 7) is 2.20. The van der Waals surface area contributed by atoms with E-state index < -0.39 is 5.60 Å². The summed E-state index contributed by atoms with van der Waals surface area (Å²) in [7, 11) is 1.62. The van der Waals surface area contributed by atoms with Gasteiger partial charge in [-0.2, -0.15) is 0 Å². The Hall–Kier alpha value is -2.24. The highest BCUT2D eigenvalue weighted by Crippen LogP contribution is 2.21. The SMILES string of the molecule is COc1ccccc1CCNC(=O)NCC(C)(O)c1ccc(Cl)cc1. The minimum absolute atomic E-state index is 0.0924. The molecule has 0 radical (unpaired) electrons. The first-order valence-corrected chi connectivity index (χ1v) is 8.42. The number of aliphatic hydroxyl groups is 1. The molecular formula is C19H23ClN2O3.